The van der Waals surface area contributed by atoms with Gasteiger partial charge in [-0.2, -0.15) is 5.10 Å². The molecule has 3 N–H and O–H groups in total. The molecular formula is C10H14N4O4S2. The highest BCUT2D eigenvalue weighted by Crippen LogP contribution is 2.08. The summed E-state index contributed by atoms with van der Waals surface area (Å²) in [6.45, 7) is 0.485. The van der Waals surface area contributed by atoms with Crippen molar-refractivity contribution in [3.05, 3.63) is 33.1 Å². The predicted molar refractivity (Wildman–Crippen MR) is 72.9 cm³/mol. The molecule has 0 amide bonds. The van der Waals surface area contributed by atoms with Crippen LogP contribution >= 0.6 is 11.3 Å². The van der Waals surface area contributed by atoms with E-state index in [-0.39, 0.29) is 22.9 Å². The van der Waals surface area contributed by atoms with Gasteiger partial charge in [0.05, 0.1) is 12.7 Å². The van der Waals surface area contributed by atoms with Crippen molar-refractivity contribution in [1.82, 2.24) is 19.5 Å². The Morgan fingerprint density at radius 3 is 2.95 bits per heavy atom. The van der Waals surface area contributed by atoms with Crippen LogP contribution < -0.4 is 9.60 Å². The quantitative estimate of drug-likeness (QED) is 0.636. The third-order valence-corrected chi connectivity index (χ3v) is 4.56. The third-order valence-electron chi connectivity index (χ3n) is 2.49. The summed E-state index contributed by atoms with van der Waals surface area (Å²) in [5, 5.41) is 14.2. The monoisotopic (exact) mass is 318 g/mol. The fourth-order valence-corrected chi connectivity index (χ4v) is 3.04. The molecule has 0 aliphatic heterocycles. The van der Waals surface area contributed by atoms with Gasteiger partial charge in [-0.25, -0.2) is 13.1 Å². The van der Waals surface area contributed by atoms with E-state index >= 15 is 0 Å². The number of thiazole rings is 1. The van der Waals surface area contributed by atoms with E-state index in [0.29, 0.717) is 18.7 Å². The van der Waals surface area contributed by atoms with Crippen molar-refractivity contribution < 1.29 is 13.5 Å². The van der Waals surface area contributed by atoms with Crippen LogP contribution in [0, 0.1) is 0 Å². The predicted octanol–water partition coefficient (Wildman–Crippen LogP) is -0.506. The molecule has 20 heavy (non-hydrogen) atoms. The van der Waals surface area contributed by atoms with Gasteiger partial charge < -0.3 is 10.1 Å². The largest absolute Gasteiger partial charge is 0.396 e. The summed E-state index contributed by atoms with van der Waals surface area (Å²) in [5.41, 5.74) is 0.510. The number of hydrogen-bond donors (Lipinski definition) is 3. The zero-order chi connectivity index (χ0) is 14.6. The van der Waals surface area contributed by atoms with Crippen LogP contribution in [0.4, 0.5) is 0 Å². The van der Waals surface area contributed by atoms with E-state index < -0.39 is 10.0 Å². The van der Waals surface area contributed by atoms with Crippen LogP contribution in [-0.4, -0.2) is 34.9 Å². The summed E-state index contributed by atoms with van der Waals surface area (Å²) in [7, 11) is -3.67. The normalized spacial score (nSPS) is 11.8. The van der Waals surface area contributed by atoms with Crippen molar-refractivity contribution in [3.8, 4) is 0 Å². The first-order valence-electron chi connectivity index (χ1n) is 5.81. The number of H-pyrrole nitrogens is 1. The van der Waals surface area contributed by atoms with Gasteiger partial charge in [0.1, 0.15) is 4.90 Å². The molecule has 0 aliphatic carbocycles. The van der Waals surface area contributed by atoms with Gasteiger partial charge in [-0.15, -0.1) is 0 Å². The van der Waals surface area contributed by atoms with Crippen molar-refractivity contribution in [1.29, 1.82) is 0 Å². The highest BCUT2D eigenvalue weighted by atomic mass is 32.2. The maximum atomic E-state index is 12.0. The molecule has 0 saturated heterocycles. The Balaban J connectivity index is 2.02. The molecule has 0 bridgehead atoms. The van der Waals surface area contributed by atoms with E-state index in [9.17, 15) is 13.2 Å². The van der Waals surface area contributed by atoms with Crippen molar-refractivity contribution in [2.75, 3.05) is 6.61 Å². The van der Waals surface area contributed by atoms with Gasteiger partial charge in [0.25, 0.3) is 0 Å². The molecule has 0 atom stereocenters. The number of aromatic amines is 1. The Labute approximate surface area is 119 Å². The molecule has 110 valence electrons. The van der Waals surface area contributed by atoms with Gasteiger partial charge >= 0.3 is 4.87 Å². The highest BCUT2D eigenvalue weighted by Gasteiger charge is 2.16. The second-order valence-corrected chi connectivity index (χ2v) is 6.62. The van der Waals surface area contributed by atoms with Crippen LogP contribution in [0.1, 0.15) is 12.1 Å². The van der Waals surface area contributed by atoms with Crippen LogP contribution in [0.15, 0.2) is 27.5 Å². The van der Waals surface area contributed by atoms with Gasteiger partial charge in [0, 0.05) is 30.4 Å². The lowest BCUT2D eigenvalue weighted by molar-refractivity contribution is 0.277. The summed E-state index contributed by atoms with van der Waals surface area (Å²) in [6, 6.07) is 0. The summed E-state index contributed by atoms with van der Waals surface area (Å²) < 4.78 is 27.8. The van der Waals surface area contributed by atoms with Crippen LogP contribution in [0.2, 0.25) is 0 Å². The number of rotatable bonds is 7. The lowest BCUT2D eigenvalue weighted by atomic mass is 10.5. The van der Waals surface area contributed by atoms with E-state index in [0.717, 1.165) is 11.3 Å². The minimum Gasteiger partial charge on any atom is -0.396 e. The second kappa shape index (κ2) is 6.31. The minimum absolute atomic E-state index is 0.0168. The summed E-state index contributed by atoms with van der Waals surface area (Å²) >= 11 is 0.978. The summed E-state index contributed by atoms with van der Waals surface area (Å²) in [4.78, 5) is 13.3. The molecule has 10 heteroatoms. The van der Waals surface area contributed by atoms with Crippen molar-refractivity contribution in [2.24, 2.45) is 0 Å². The van der Waals surface area contributed by atoms with Gasteiger partial charge in [0.15, 0.2) is 0 Å². The van der Waals surface area contributed by atoms with E-state index in [4.69, 9.17) is 5.11 Å². The Kier molecular flexibility index (Phi) is 4.70. The second-order valence-electron chi connectivity index (χ2n) is 4.01. The van der Waals surface area contributed by atoms with Gasteiger partial charge in [-0.1, -0.05) is 11.3 Å². The van der Waals surface area contributed by atoms with Crippen molar-refractivity contribution in [2.45, 2.75) is 24.4 Å². The molecular weight excluding hydrogens is 304 g/mol. The number of nitrogens with one attached hydrogen (secondary N) is 2. The highest BCUT2D eigenvalue weighted by molar-refractivity contribution is 7.89. The number of aliphatic hydroxyl groups excluding tert-OH is 1. The lowest BCUT2D eigenvalue weighted by Crippen LogP contribution is -2.23. The van der Waals surface area contributed by atoms with Crippen LogP contribution in [0.5, 0.6) is 0 Å². The zero-order valence-electron chi connectivity index (χ0n) is 10.4. The average Bonchev–Trinajstić information content (AvgIpc) is 3.03. The van der Waals surface area contributed by atoms with Gasteiger partial charge in [-0.3, -0.25) is 9.48 Å². The summed E-state index contributed by atoms with van der Waals surface area (Å²) in [5.74, 6) is 0. The van der Waals surface area contributed by atoms with E-state index in [1.54, 1.807) is 5.38 Å². The Morgan fingerprint density at radius 2 is 2.30 bits per heavy atom. The molecule has 2 aromatic heterocycles. The number of aromatic nitrogens is 3. The van der Waals surface area contributed by atoms with Gasteiger partial charge in [0.2, 0.25) is 10.0 Å². The van der Waals surface area contributed by atoms with E-state index in [2.05, 4.69) is 14.8 Å². The number of aryl methyl sites for hydroxylation is 1. The number of hydrogen-bond acceptors (Lipinski definition) is 6. The number of nitrogens with zero attached hydrogens (tertiary/aromatic N) is 2. The number of aliphatic hydroxyl groups is 1. The standard InChI is InChI=1S/C10H14N4O4S2/c15-3-1-2-14-6-9(5-11-14)20(17,18)12-4-8-7-19-10(16)13-8/h5-7,12,15H,1-4H2,(H,13,16). The average molecular weight is 318 g/mol. The molecule has 0 spiro atoms. The smallest absolute Gasteiger partial charge is 0.304 e. The fourth-order valence-electron chi connectivity index (χ4n) is 1.49. The van der Waals surface area contributed by atoms with Crippen LogP contribution in [0.3, 0.4) is 0 Å². The van der Waals surface area contributed by atoms with E-state index in [1.807, 2.05) is 0 Å². The molecule has 0 radical (unpaired) electrons. The Hall–Kier alpha value is -1.49. The molecule has 2 aromatic rings. The molecule has 8 nitrogen and oxygen atoms in total. The van der Waals surface area contributed by atoms with Gasteiger partial charge in [-0.05, 0) is 6.42 Å². The molecule has 0 aliphatic rings. The first-order chi connectivity index (χ1) is 9.51. The molecule has 0 fully saturated rings. The third kappa shape index (κ3) is 3.76. The Morgan fingerprint density at radius 1 is 1.50 bits per heavy atom. The molecule has 0 aromatic carbocycles. The number of sulfonamides is 1. The molecule has 2 rings (SSSR count). The maximum absolute atomic E-state index is 12.0. The van der Waals surface area contributed by atoms with Crippen LogP contribution in [0.25, 0.3) is 0 Å². The maximum Gasteiger partial charge on any atom is 0.304 e. The minimum atomic E-state index is -3.67. The molecule has 2 heterocycles. The molecule has 0 saturated carbocycles. The topological polar surface area (TPSA) is 117 Å². The Bertz CT molecular complexity index is 715. The van der Waals surface area contributed by atoms with Crippen molar-refractivity contribution >= 4 is 21.4 Å². The lowest BCUT2D eigenvalue weighted by Gasteiger charge is -2.02. The summed E-state index contributed by atoms with van der Waals surface area (Å²) in [6.07, 6.45) is 3.15. The molecule has 0 unspecified atom stereocenters. The first-order valence-corrected chi connectivity index (χ1v) is 8.17. The zero-order valence-corrected chi connectivity index (χ0v) is 12.1. The van der Waals surface area contributed by atoms with Crippen LogP contribution in [-0.2, 0) is 23.1 Å². The van der Waals surface area contributed by atoms with Crippen molar-refractivity contribution in [3.63, 3.8) is 0 Å². The fraction of sp³-hybridized carbons (Fsp3) is 0.400. The van der Waals surface area contributed by atoms with E-state index in [1.165, 1.54) is 17.1 Å². The SMILES string of the molecule is O=c1[nH]c(CNS(=O)(=O)c2cnn(CCCO)c2)cs1. The first kappa shape index (κ1) is 14.9.